The molecule has 0 spiro atoms. The Morgan fingerprint density at radius 1 is 0.848 bits per heavy atom. The summed E-state index contributed by atoms with van der Waals surface area (Å²) in [6.45, 7) is 3.20. The van der Waals surface area contributed by atoms with E-state index in [-0.39, 0.29) is 9.79 Å². The Kier molecular flexibility index (Phi) is 7.24. The molecule has 3 rings (SSSR count). The van der Waals surface area contributed by atoms with Gasteiger partial charge in [0.2, 0.25) is 5.91 Å². The van der Waals surface area contributed by atoms with Gasteiger partial charge in [0.15, 0.2) is 9.84 Å². The molecule has 0 fully saturated rings. The van der Waals surface area contributed by atoms with E-state index in [0.29, 0.717) is 11.3 Å². The Hall–Kier alpha value is -3.17. The fourth-order valence-electron chi connectivity index (χ4n) is 3.25. The van der Waals surface area contributed by atoms with Crippen LogP contribution in [0.1, 0.15) is 24.1 Å². The molecule has 1 N–H and O–H groups in total. The number of nitrogens with one attached hydrogen (secondary N) is 1. The number of rotatable bonds is 8. The van der Waals surface area contributed by atoms with Crippen LogP contribution < -0.4 is 9.62 Å². The molecule has 1 atom stereocenters. The second-order valence-corrected chi connectivity index (χ2v) is 11.7. The average molecular weight is 487 g/mol. The molecular weight excluding hydrogens is 460 g/mol. The number of amides is 1. The molecular formula is C24H26N2O5S2. The Balaban J connectivity index is 1.83. The normalized spacial score (nSPS) is 12.7. The number of sulfone groups is 1. The van der Waals surface area contributed by atoms with Gasteiger partial charge in [0.05, 0.1) is 21.5 Å². The van der Waals surface area contributed by atoms with E-state index in [1.807, 2.05) is 6.92 Å². The van der Waals surface area contributed by atoms with Crippen LogP contribution in [-0.2, 0) is 24.7 Å². The van der Waals surface area contributed by atoms with Crippen molar-refractivity contribution in [3.05, 3.63) is 90.0 Å². The molecule has 3 aromatic rings. The maximum atomic E-state index is 13.4. The van der Waals surface area contributed by atoms with Gasteiger partial charge >= 0.3 is 0 Å². The van der Waals surface area contributed by atoms with Crippen LogP contribution in [0.3, 0.4) is 0 Å². The van der Waals surface area contributed by atoms with E-state index in [4.69, 9.17) is 0 Å². The van der Waals surface area contributed by atoms with Gasteiger partial charge in [0.1, 0.15) is 6.54 Å². The fraction of sp³-hybridized carbons (Fsp3) is 0.208. The van der Waals surface area contributed by atoms with Crippen LogP contribution in [0.25, 0.3) is 0 Å². The lowest BCUT2D eigenvalue weighted by atomic mass is 10.1. The summed E-state index contributed by atoms with van der Waals surface area (Å²) in [6.07, 6.45) is 1.12. The average Bonchev–Trinajstić information content (AvgIpc) is 2.77. The maximum Gasteiger partial charge on any atom is 0.264 e. The topological polar surface area (TPSA) is 101 Å². The SMILES string of the molecule is Cc1ccc(S(=O)(=O)N(CC(=O)N[C@H](C)c2ccc(S(C)(=O)=O)cc2)c2ccccc2)cc1. The first kappa shape index (κ1) is 24.5. The van der Waals surface area contributed by atoms with Crippen molar-refractivity contribution in [1.82, 2.24) is 5.32 Å². The zero-order valence-corrected chi connectivity index (χ0v) is 20.2. The lowest BCUT2D eigenvalue weighted by Gasteiger charge is -2.25. The van der Waals surface area contributed by atoms with Gasteiger partial charge in [-0.15, -0.1) is 0 Å². The van der Waals surface area contributed by atoms with Crippen LogP contribution in [0.15, 0.2) is 88.7 Å². The molecule has 0 aliphatic heterocycles. The number of hydrogen-bond acceptors (Lipinski definition) is 5. The first-order valence-electron chi connectivity index (χ1n) is 10.2. The number of hydrogen-bond donors (Lipinski definition) is 1. The molecule has 0 aromatic heterocycles. The van der Waals surface area contributed by atoms with E-state index in [9.17, 15) is 21.6 Å². The highest BCUT2D eigenvalue weighted by molar-refractivity contribution is 7.93. The third-order valence-electron chi connectivity index (χ3n) is 5.13. The van der Waals surface area contributed by atoms with Crippen LogP contribution >= 0.6 is 0 Å². The highest BCUT2D eigenvalue weighted by atomic mass is 32.2. The Labute approximate surface area is 195 Å². The summed E-state index contributed by atoms with van der Waals surface area (Å²) in [7, 11) is -7.30. The third kappa shape index (κ3) is 6.00. The number of sulfonamides is 1. The van der Waals surface area contributed by atoms with Gasteiger partial charge < -0.3 is 5.32 Å². The summed E-state index contributed by atoms with van der Waals surface area (Å²) >= 11 is 0. The Bertz CT molecular complexity index is 1320. The molecule has 0 bridgehead atoms. The van der Waals surface area contributed by atoms with E-state index in [1.54, 1.807) is 61.5 Å². The molecule has 0 saturated heterocycles. The largest absolute Gasteiger partial charge is 0.348 e. The quantitative estimate of drug-likeness (QED) is 0.525. The second kappa shape index (κ2) is 9.76. The van der Waals surface area contributed by atoms with E-state index >= 15 is 0 Å². The van der Waals surface area contributed by atoms with Gasteiger partial charge in [-0.25, -0.2) is 16.8 Å². The van der Waals surface area contributed by atoms with Crippen molar-refractivity contribution in [2.45, 2.75) is 29.7 Å². The third-order valence-corrected chi connectivity index (χ3v) is 8.04. The molecule has 0 radical (unpaired) electrons. The minimum absolute atomic E-state index is 0.0918. The van der Waals surface area contributed by atoms with E-state index in [2.05, 4.69) is 5.32 Å². The maximum absolute atomic E-state index is 13.4. The highest BCUT2D eigenvalue weighted by Gasteiger charge is 2.27. The predicted molar refractivity (Wildman–Crippen MR) is 128 cm³/mol. The van der Waals surface area contributed by atoms with E-state index < -0.39 is 38.4 Å². The van der Waals surface area contributed by atoms with Gasteiger partial charge in [0, 0.05) is 6.26 Å². The van der Waals surface area contributed by atoms with Crippen LogP contribution in [0.5, 0.6) is 0 Å². The van der Waals surface area contributed by atoms with E-state index in [1.165, 1.54) is 24.3 Å². The van der Waals surface area contributed by atoms with Crippen molar-refractivity contribution in [3.8, 4) is 0 Å². The van der Waals surface area contributed by atoms with Crippen LogP contribution in [-0.4, -0.2) is 35.5 Å². The predicted octanol–water partition coefficient (Wildman–Crippen LogP) is 3.47. The Morgan fingerprint density at radius 3 is 1.94 bits per heavy atom. The highest BCUT2D eigenvalue weighted by Crippen LogP contribution is 2.24. The van der Waals surface area contributed by atoms with Gasteiger partial charge in [-0.05, 0) is 55.8 Å². The molecule has 3 aromatic carbocycles. The van der Waals surface area contributed by atoms with Crippen molar-refractivity contribution in [2.24, 2.45) is 0 Å². The van der Waals surface area contributed by atoms with Crippen LogP contribution in [0, 0.1) is 6.92 Å². The van der Waals surface area contributed by atoms with Gasteiger partial charge in [-0.2, -0.15) is 0 Å². The first-order valence-corrected chi connectivity index (χ1v) is 13.6. The molecule has 0 saturated carbocycles. The van der Waals surface area contributed by atoms with Crippen LogP contribution in [0.4, 0.5) is 5.69 Å². The number of carbonyl (C=O) groups is 1. The number of benzene rings is 3. The molecule has 0 aliphatic carbocycles. The second-order valence-electron chi connectivity index (χ2n) is 7.79. The molecule has 7 nitrogen and oxygen atoms in total. The molecule has 1 amide bonds. The molecule has 9 heteroatoms. The molecule has 0 heterocycles. The van der Waals surface area contributed by atoms with Crippen molar-refractivity contribution < 1.29 is 21.6 Å². The minimum atomic E-state index is -3.98. The molecule has 33 heavy (non-hydrogen) atoms. The summed E-state index contributed by atoms with van der Waals surface area (Å²) in [5, 5.41) is 2.79. The van der Waals surface area contributed by atoms with Crippen molar-refractivity contribution >= 4 is 31.5 Å². The lowest BCUT2D eigenvalue weighted by Crippen LogP contribution is -2.41. The summed E-state index contributed by atoms with van der Waals surface area (Å²) < 4.78 is 51.1. The molecule has 174 valence electrons. The van der Waals surface area contributed by atoms with Crippen molar-refractivity contribution in [1.29, 1.82) is 0 Å². The van der Waals surface area contributed by atoms with Crippen molar-refractivity contribution in [2.75, 3.05) is 17.1 Å². The number of nitrogens with zero attached hydrogens (tertiary/aromatic N) is 1. The van der Waals surface area contributed by atoms with Crippen molar-refractivity contribution in [3.63, 3.8) is 0 Å². The Morgan fingerprint density at radius 2 is 1.39 bits per heavy atom. The summed E-state index contributed by atoms with van der Waals surface area (Å²) in [5.41, 5.74) is 2.00. The van der Waals surface area contributed by atoms with Gasteiger partial charge in [0.25, 0.3) is 10.0 Å². The fourth-order valence-corrected chi connectivity index (χ4v) is 5.30. The molecule has 0 aliphatic rings. The summed E-state index contributed by atoms with van der Waals surface area (Å²) in [4.78, 5) is 13.1. The number of aryl methyl sites for hydroxylation is 1. The van der Waals surface area contributed by atoms with Gasteiger partial charge in [-0.1, -0.05) is 48.0 Å². The molecule has 0 unspecified atom stereocenters. The zero-order chi connectivity index (χ0) is 24.2. The first-order chi connectivity index (χ1) is 15.5. The lowest BCUT2D eigenvalue weighted by molar-refractivity contribution is -0.120. The standard InChI is InChI=1S/C24H26N2O5S2/c1-18-9-13-23(14-10-18)33(30,31)26(21-7-5-4-6-8-21)17-24(27)25-19(2)20-11-15-22(16-12-20)32(3,28)29/h4-16,19H,17H2,1-3H3,(H,25,27)/t19-/m1/s1. The zero-order valence-electron chi connectivity index (χ0n) is 18.6. The smallest absolute Gasteiger partial charge is 0.264 e. The number of anilines is 1. The van der Waals surface area contributed by atoms with Gasteiger partial charge in [-0.3, -0.25) is 9.10 Å². The number of carbonyl (C=O) groups excluding carboxylic acids is 1. The summed E-state index contributed by atoms with van der Waals surface area (Å²) in [5.74, 6) is -0.491. The minimum Gasteiger partial charge on any atom is -0.348 e. The summed E-state index contributed by atoms with van der Waals surface area (Å²) in [6, 6.07) is 20.6. The monoisotopic (exact) mass is 486 g/mol. The van der Waals surface area contributed by atoms with E-state index in [0.717, 1.165) is 16.1 Å². The number of para-hydroxylation sites is 1. The van der Waals surface area contributed by atoms with Crippen LogP contribution in [0.2, 0.25) is 0 Å².